The molecule has 0 aliphatic carbocycles. The summed E-state index contributed by atoms with van der Waals surface area (Å²) in [6, 6.07) is 10.9. The van der Waals surface area contributed by atoms with Crippen LogP contribution in [0.3, 0.4) is 0 Å². The molecule has 2 aromatic carbocycles. The molecule has 1 N–H and O–H groups in total. The molecule has 3 rings (SSSR count). The molecule has 2 amide bonds. The number of hydrogen-bond acceptors (Lipinski definition) is 3. The van der Waals surface area contributed by atoms with Gasteiger partial charge in [-0.1, -0.05) is 24.3 Å². The van der Waals surface area contributed by atoms with Gasteiger partial charge >= 0.3 is 0 Å². The van der Waals surface area contributed by atoms with Crippen LogP contribution in [0, 0.1) is 24.5 Å². The molecule has 160 valence electrons. The van der Waals surface area contributed by atoms with Crippen LogP contribution >= 0.6 is 0 Å². The van der Waals surface area contributed by atoms with Crippen molar-refractivity contribution < 1.29 is 23.1 Å². The van der Waals surface area contributed by atoms with Crippen molar-refractivity contribution in [1.29, 1.82) is 0 Å². The fourth-order valence-corrected chi connectivity index (χ4v) is 3.85. The summed E-state index contributed by atoms with van der Waals surface area (Å²) in [5.41, 5.74) is 2.09. The number of likely N-dealkylation sites (tertiary alicyclic amines) is 1. The van der Waals surface area contributed by atoms with Gasteiger partial charge in [0.05, 0.1) is 5.92 Å². The highest BCUT2D eigenvalue weighted by Gasteiger charge is 2.34. The number of methoxy groups -OCH3 is 1. The van der Waals surface area contributed by atoms with Crippen molar-refractivity contribution in [2.75, 3.05) is 26.8 Å². The number of benzene rings is 2. The SMILES string of the molecule is COCC(=O)N1C[C@H](C(=O)NCc2cccc(F)c2)C[C@H](c2ccc(F)c(C)c2)C1. The number of carbonyl (C=O) groups is 2. The Morgan fingerprint density at radius 1 is 1.17 bits per heavy atom. The molecule has 7 heteroatoms. The molecule has 30 heavy (non-hydrogen) atoms. The molecule has 0 aromatic heterocycles. The highest BCUT2D eigenvalue weighted by atomic mass is 19.1. The lowest BCUT2D eigenvalue weighted by atomic mass is 9.83. The van der Waals surface area contributed by atoms with E-state index in [9.17, 15) is 18.4 Å². The third-order valence-corrected chi connectivity index (χ3v) is 5.45. The predicted octanol–water partition coefficient (Wildman–Crippen LogP) is 3.17. The van der Waals surface area contributed by atoms with Gasteiger partial charge in [0, 0.05) is 32.7 Å². The number of nitrogens with zero attached hydrogens (tertiary/aromatic N) is 1. The Bertz CT molecular complexity index is 919. The molecule has 1 aliphatic rings. The summed E-state index contributed by atoms with van der Waals surface area (Å²) in [5.74, 6) is -1.55. The van der Waals surface area contributed by atoms with Gasteiger partial charge in [-0.25, -0.2) is 8.78 Å². The summed E-state index contributed by atoms with van der Waals surface area (Å²) in [4.78, 5) is 26.9. The summed E-state index contributed by atoms with van der Waals surface area (Å²) in [7, 11) is 1.45. The van der Waals surface area contributed by atoms with E-state index in [-0.39, 0.29) is 49.1 Å². The second-order valence-electron chi connectivity index (χ2n) is 7.72. The van der Waals surface area contributed by atoms with E-state index in [1.54, 1.807) is 36.1 Å². The highest BCUT2D eigenvalue weighted by molar-refractivity contribution is 5.82. The van der Waals surface area contributed by atoms with Crippen molar-refractivity contribution in [1.82, 2.24) is 10.2 Å². The summed E-state index contributed by atoms with van der Waals surface area (Å²) in [5, 5.41) is 2.85. The van der Waals surface area contributed by atoms with Crippen molar-refractivity contribution in [2.24, 2.45) is 5.92 Å². The van der Waals surface area contributed by atoms with Gasteiger partial charge in [0.15, 0.2) is 0 Å². The molecule has 0 radical (unpaired) electrons. The number of piperidine rings is 1. The molecule has 0 spiro atoms. The standard InChI is InChI=1S/C23H26F2N2O3/c1-15-8-17(6-7-21(15)25)18-10-19(13-27(12-18)22(28)14-30-2)23(29)26-11-16-4-3-5-20(24)9-16/h3-9,18-19H,10-14H2,1-2H3,(H,26,29)/t18-,19+/m0/s1. The normalized spacial score (nSPS) is 18.9. The average Bonchev–Trinajstić information content (AvgIpc) is 2.74. The molecule has 1 aliphatic heterocycles. The molecule has 2 atom stereocenters. The van der Waals surface area contributed by atoms with Crippen molar-refractivity contribution >= 4 is 11.8 Å². The van der Waals surface area contributed by atoms with Gasteiger partial charge < -0.3 is 15.0 Å². The van der Waals surface area contributed by atoms with E-state index in [2.05, 4.69) is 5.32 Å². The van der Waals surface area contributed by atoms with Gasteiger partial charge in [-0.15, -0.1) is 0 Å². The Balaban J connectivity index is 1.75. The predicted molar refractivity (Wildman–Crippen MR) is 109 cm³/mol. The number of aryl methyl sites for hydroxylation is 1. The minimum Gasteiger partial charge on any atom is -0.375 e. The van der Waals surface area contributed by atoms with Gasteiger partial charge in [0.2, 0.25) is 11.8 Å². The third kappa shape index (κ3) is 5.42. The van der Waals surface area contributed by atoms with Crippen LogP contribution in [-0.4, -0.2) is 43.5 Å². The lowest BCUT2D eigenvalue weighted by Gasteiger charge is -2.37. The maximum Gasteiger partial charge on any atom is 0.248 e. The van der Waals surface area contributed by atoms with E-state index in [1.807, 2.05) is 0 Å². The Morgan fingerprint density at radius 3 is 2.67 bits per heavy atom. The monoisotopic (exact) mass is 416 g/mol. The van der Waals surface area contributed by atoms with Crippen molar-refractivity contribution in [2.45, 2.75) is 25.8 Å². The number of rotatable bonds is 6. The molecular weight excluding hydrogens is 390 g/mol. The molecule has 5 nitrogen and oxygen atoms in total. The first-order chi connectivity index (χ1) is 14.4. The quantitative estimate of drug-likeness (QED) is 0.787. The molecule has 0 unspecified atom stereocenters. The van der Waals surface area contributed by atoms with Crippen LogP contribution in [0.15, 0.2) is 42.5 Å². The van der Waals surface area contributed by atoms with Crippen molar-refractivity contribution in [3.63, 3.8) is 0 Å². The van der Waals surface area contributed by atoms with Gasteiger partial charge in [0.1, 0.15) is 18.2 Å². The molecule has 1 saturated heterocycles. The number of ether oxygens (including phenoxy) is 1. The number of hydrogen-bond donors (Lipinski definition) is 1. The molecule has 1 fully saturated rings. The maximum absolute atomic E-state index is 13.7. The van der Waals surface area contributed by atoms with Gasteiger partial charge in [-0.2, -0.15) is 0 Å². The van der Waals surface area contributed by atoms with Crippen LogP contribution in [0.4, 0.5) is 8.78 Å². The Hall–Kier alpha value is -2.80. The first-order valence-electron chi connectivity index (χ1n) is 9.92. The molecule has 0 saturated carbocycles. The van der Waals surface area contributed by atoms with E-state index >= 15 is 0 Å². The highest BCUT2D eigenvalue weighted by Crippen LogP contribution is 2.31. The molecule has 0 bridgehead atoms. The van der Waals surface area contributed by atoms with Crippen LogP contribution in [0.2, 0.25) is 0 Å². The van der Waals surface area contributed by atoms with Crippen LogP contribution in [0.25, 0.3) is 0 Å². The maximum atomic E-state index is 13.7. The lowest BCUT2D eigenvalue weighted by molar-refractivity contribution is -0.139. The van der Waals surface area contributed by atoms with Crippen LogP contribution in [0.5, 0.6) is 0 Å². The average molecular weight is 416 g/mol. The Morgan fingerprint density at radius 2 is 1.97 bits per heavy atom. The summed E-state index contributed by atoms with van der Waals surface area (Å²) in [6.07, 6.45) is 0.539. The van der Waals surface area contributed by atoms with E-state index in [0.717, 1.165) is 5.56 Å². The third-order valence-electron chi connectivity index (χ3n) is 5.45. The largest absolute Gasteiger partial charge is 0.375 e. The number of carbonyl (C=O) groups excluding carboxylic acids is 2. The van der Waals surface area contributed by atoms with Crippen LogP contribution in [-0.2, 0) is 20.9 Å². The van der Waals surface area contributed by atoms with Crippen LogP contribution in [0.1, 0.15) is 29.0 Å². The van der Waals surface area contributed by atoms with E-state index in [4.69, 9.17) is 4.74 Å². The minimum absolute atomic E-state index is 0.0627. The summed E-state index contributed by atoms with van der Waals surface area (Å²) >= 11 is 0. The smallest absolute Gasteiger partial charge is 0.248 e. The fourth-order valence-electron chi connectivity index (χ4n) is 3.85. The molecule has 2 aromatic rings. The second kappa shape index (κ2) is 9.80. The van der Waals surface area contributed by atoms with E-state index < -0.39 is 5.92 Å². The topological polar surface area (TPSA) is 58.6 Å². The first-order valence-corrected chi connectivity index (χ1v) is 9.92. The van der Waals surface area contributed by atoms with Crippen molar-refractivity contribution in [3.05, 3.63) is 70.8 Å². The lowest BCUT2D eigenvalue weighted by Crippen LogP contribution is -2.48. The first kappa shape index (κ1) is 21.9. The van der Waals surface area contributed by atoms with Gasteiger partial charge in [-0.05, 0) is 48.2 Å². The zero-order valence-corrected chi connectivity index (χ0v) is 17.2. The Labute approximate surface area is 175 Å². The zero-order chi connectivity index (χ0) is 21.7. The summed E-state index contributed by atoms with van der Waals surface area (Å²) < 4.78 is 32.0. The van der Waals surface area contributed by atoms with Gasteiger partial charge in [0.25, 0.3) is 0 Å². The van der Waals surface area contributed by atoms with E-state index in [0.29, 0.717) is 24.1 Å². The molecular formula is C23H26F2N2O3. The fraction of sp³-hybridized carbons (Fsp3) is 0.391. The summed E-state index contributed by atoms with van der Waals surface area (Å²) in [6.45, 7) is 2.57. The van der Waals surface area contributed by atoms with Crippen LogP contribution < -0.4 is 5.32 Å². The number of amides is 2. The zero-order valence-electron chi connectivity index (χ0n) is 17.2. The Kier molecular flexibility index (Phi) is 7.15. The molecule has 1 heterocycles. The van der Waals surface area contributed by atoms with E-state index in [1.165, 1.54) is 25.3 Å². The van der Waals surface area contributed by atoms with Gasteiger partial charge in [-0.3, -0.25) is 9.59 Å². The minimum atomic E-state index is -0.427. The van der Waals surface area contributed by atoms with Crippen molar-refractivity contribution in [3.8, 4) is 0 Å². The second-order valence-corrected chi connectivity index (χ2v) is 7.72. The number of halogens is 2. The number of nitrogens with one attached hydrogen (secondary N) is 1.